The predicted octanol–water partition coefficient (Wildman–Crippen LogP) is 4.85. The number of halogens is 5. The summed E-state index contributed by atoms with van der Waals surface area (Å²) in [5.41, 5.74) is 1.29. The van der Waals surface area contributed by atoms with Crippen molar-refractivity contribution >= 4 is 51.8 Å². The molecule has 38 heavy (non-hydrogen) atoms. The summed E-state index contributed by atoms with van der Waals surface area (Å²) < 4.78 is 75.8. The number of hydrogen-bond donors (Lipinski definition) is 0. The van der Waals surface area contributed by atoms with Crippen LogP contribution in [-0.2, 0) is 0 Å². The highest BCUT2D eigenvalue weighted by molar-refractivity contribution is 6.56. The van der Waals surface area contributed by atoms with Crippen LogP contribution in [0, 0.1) is 36.0 Å². The molecule has 0 aliphatic carbocycles. The van der Waals surface area contributed by atoms with Gasteiger partial charge in [0.2, 0.25) is 0 Å². The molecule has 0 saturated carbocycles. The Hall–Kier alpha value is -4.61. The average molecular weight is 514 g/mol. The van der Waals surface area contributed by atoms with E-state index in [1.165, 1.54) is 6.07 Å². The fraction of sp³-hybridized carbons (Fsp3) is 0.0769. The van der Waals surface area contributed by atoms with Crippen LogP contribution in [0.25, 0.3) is 21.5 Å². The normalized spacial score (nSPS) is 14.9. The quantitative estimate of drug-likeness (QED) is 0.210. The summed E-state index contributed by atoms with van der Waals surface area (Å²) in [5, 5.41) is 1.60. The van der Waals surface area contributed by atoms with Crippen molar-refractivity contribution in [3.63, 3.8) is 0 Å². The van der Waals surface area contributed by atoms with Crippen LogP contribution in [0.3, 0.4) is 0 Å². The minimum absolute atomic E-state index is 0.0221. The lowest BCUT2D eigenvalue weighted by atomic mass is 9.78. The van der Waals surface area contributed by atoms with Crippen molar-refractivity contribution in [3.8, 4) is 0 Å². The Morgan fingerprint density at radius 3 is 1.71 bits per heavy atom. The second-order valence-electron chi connectivity index (χ2n) is 9.53. The van der Waals surface area contributed by atoms with E-state index in [0.717, 1.165) is 24.3 Å². The Bertz CT molecular complexity index is 2170. The number of aromatic nitrogens is 2. The van der Waals surface area contributed by atoms with Crippen LogP contribution in [-0.4, -0.2) is 27.6 Å². The van der Waals surface area contributed by atoms with Crippen molar-refractivity contribution < 1.29 is 22.0 Å². The van der Waals surface area contributed by atoms with Gasteiger partial charge in [0, 0.05) is 32.7 Å². The standard InChI is InChI=1S/C26H12BF5N6/c1-9-3-12-13(6-16(9)28)23-34-21-10-4-17(29)18(30)5-11(10)22(33-21)35-24-14-7-19(31)20(32)8-15(14)26-36-25(12)37(23)27(2)38(24)26/h3-8H,1-2H3. The summed E-state index contributed by atoms with van der Waals surface area (Å²) >= 11 is 0. The predicted molar refractivity (Wildman–Crippen MR) is 132 cm³/mol. The van der Waals surface area contributed by atoms with Gasteiger partial charge in [0.15, 0.2) is 34.9 Å². The molecule has 8 rings (SSSR count). The van der Waals surface area contributed by atoms with E-state index < -0.39 is 36.1 Å². The highest BCUT2D eigenvalue weighted by Crippen LogP contribution is 2.42. The van der Waals surface area contributed by atoms with Crippen molar-refractivity contribution in [3.05, 3.63) is 93.2 Å². The molecule has 0 saturated heterocycles. The second kappa shape index (κ2) is 6.83. The number of benzene rings is 3. The van der Waals surface area contributed by atoms with Gasteiger partial charge in [-0.3, -0.25) is 0 Å². The first kappa shape index (κ1) is 21.5. The Balaban J connectivity index is 1.66. The molecule has 3 aliphatic rings. The Morgan fingerprint density at radius 1 is 0.553 bits per heavy atom. The summed E-state index contributed by atoms with van der Waals surface area (Å²) in [7, 11) is 0. The van der Waals surface area contributed by atoms with Gasteiger partial charge in [0.1, 0.15) is 28.4 Å². The van der Waals surface area contributed by atoms with Crippen LogP contribution < -0.4 is 11.0 Å². The van der Waals surface area contributed by atoms with E-state index in [1.807, 2.05) is 6.82 Å². The van der Waals surface area contributed by atoms with Gasteiger partial charge in [-0.15, -0.1) is 0 Å². The maximum atomic E-state index is 14.8. The van der Waals surface area contributed by atoms with Crippen LogP contribution >= 0.6 is 0 Å². The van der Waals surface area contributed by atoms with Crippen LogP contribution in [0.1, 0.15) is 16.7 Å². The molecule has 0 atom stereocenters. The zero-order chi connectivity index (χ0) is 26.2. The van der Waals surface area contributed by atoms with Gasteiger partial charge in [-0.2, -0.15) is 0 Å². The summed E-state index contributed by atoms with van der Waals surface area (Å²) in [5.74, 6) is -3.96. The molecule has 0 N–H and O–H groups in total. The number of amidine groups is 2. The highest BCUT2D eigenvalue weighted by Gasteiger charge is 2.34. The molecule has 0 radical (unpaired) electrons. The summed E-state index contributed by atoms with van der Waals surface area (Å²) in [6.45, 7) is 2.88. The van der Waals surface area contributed by atoms with Crippen molar-refractivity contribution in [1.29, 1.82) is 0 Å². The number of rotatable bonds is 0. The Morgan fingerprint density at radius 2 is 1.05 bits per heavy atom. The van der Waals surface area contributed by atoms with E-state index in [4.69, 9.17) is 9.98 Å². The molecule has 0 amide bonds. The van der Waals surface area contributed by atoms with E-state index in [2.05, 4.69) is 9.98 Å². The lowest BCUT2D eigenvalue weighted by Gasteiger charge is -2.20. The molecule has 4 bridgehead atoms. The van der Waals surface area contributed by atoms with Gasteiger partial charge in [-0.25, -0.2) is 41.9 Å². The molecule has 0 spiro atoms. The third-order valence-electron chi connectivity index (χ3n) is 7.37. The summed E-state index contributed by atoms with van der Waals surface area (Å²) in [6, 6.07) is 7.05. The maximum Gasteiger partial charge on any atom is 0.386 e. The van der Waals surface area contributed by atoms with Gasteiger partial charge < -0.3 is 8.96 Å². The fourth-order valence-electron chi connectivity index (χ4n) is 5.58. The lowest BCUT2D eigenvalue weighted by molar-refractivity contribution is 0.508. The van der Waals surface area contributed by atoms with E-state index in [0.29, 0.717) is 38.8 Å². The number of fused-ring (bicyclic) bond motifs is 10. The number of aryl methyl sites for hydroxylation is 1. The summed E-state index contributed by atoms with van der Waals surface area (Å²) in [6.07, 6.45) is 0. The second-order valence-corrected chi connectivity index (χ2v) is 9.53. The largest absolute Gasteiger partial charge is 0.386 e. The van der Waals surface area contributed by atoms with Crippen molar-refractivity contribution in [2.75, 3.05) is 0 Å². The topological polar surface area (TPSA) is 59.3 Å². The SMILES string of the molecule is CB1n2c3c4cc(F)c(C)cc4c2N=c2c4cc(F)c(F)cc4c(n21)=NC1=NC(=N3)c2cc(F)c(F)cc21. The Labute approximate surface area is 209 Å². The smallest absolute Gasteiger partial charge is 0.334 e. The first-order chi connectivity index (χ1) is 18.2. The molecule has 6 nitrogen and oxygen atoms in total. The van der Waals surface area contributed by atoms with E-state index in [1.54, 1.807) is 21.9 Å². The monoisotopic (exact) mass is 514 g/mol. The third-order valence-corrected chi connectivity index (χ3v) is 7.37. The van der Waals surface area contributed by atoms with Crippen LogP contribution in [0.2, 0.25) is 6.82 Å². The number of nitrogens with zero attached hydrogens (tertiary/aromatic N) is 6. The van der Waals surface area contributed by atoms with Crippen molar-refractivity contribution in [2.45, 2.75) is 13.7 Å². The zero-order valence-corrected chi connectivity index (χ0v) is 19.6. The zero-order valence-electron chi connectivity index (χ0n) is 19.6. The molecule has 3 aliphatic heterocycles. The average Bonchev–Trinajstić information content (AvgIpc) is 3.45. The molecule has 184 valence electrons. The molecule has 12 heteroatoms. The van der Waals surface area contributed by atoms with E-state index in [-0.39, 0.29) is 33.7 Å². The van der Waals surface area contributed by atoms with E-state index >= 15 is 0 Å². The molecule has 5 aromatic rings. The first-order valence-electron chi connectivity index (χ1n) is 11.7. The highest BCUT2D eigenvalue weighted by atomic mass is 19.2. The third kappa shape index (κ3) is 2.51. The van der Waals surface area contributed by atoms with E-state index in [9.17, 15) is 22.0 Å². The first-order valence-corrected chi connectivity index (χ1v) is 11.7. The minimum atomic E-state index is -1.10. The van der Waals surface area contributed by atoms with Gasteiger partial charge in [-0.05, 0) is 55.7 Å². The number of hydrogen-bond acceptors (Lipinski definition) is 4. The maximum absolute atomic E-state index is 14.8. The fourth-order valence-corrected chi connectivity index (χ4v) is 5.58. The molecule has 0 unspecified atom stereocenters. The van der Waals surface area contributed by atoms with Gasteiger partial charge >= 0.3 is 6.98 Å². The van der Waals surface area contributed by atoms with Crippen molar-refractivity contribution in [1.82, 2.24) is 8.96 Å². The van der Waals surface area contributed by atoms with Gasteiger partial charge in [0.05, 0.1) is 0 Å². The Kier molecular flexibility index (Phi) is 3.86. The molecular formula is C26H12BF5N6. The molecule has 5 heterocycles. The molecule has 0 fully saturated rings. The van der Waals surface area contributed by atoms with Crippen LogP contribution in [0.15, 0.2) is 56.4 Å². The van der Waals surface area contributed by atoms with Gasteiger partial charge in [0.25, 0.3) is 0 Å². The molecule has 2 aromatic heterocycles. The summed E-state index contributed by atoms with van der Waals surface area (Å²) in [4.78, 5) is 18.7. The van der Waals surface area contributed by atoms with Gasteiger partial charge in [-0.1, -0.05) is 0 Å². The number of aliphatic imine (C=N–C) groups is 2. The lowest BCUT2D eigenvalue weighted by Crippen LogP contribution is -2.46. The molecular weight excluding hydrogens is 502 g/mol. The van der Waals surface area contributed by atoms with Crippen LogP contribution in [0.4, 0.5) is 33.6 Å². The molecule has 3 aromatic carbocycles. The van der Waals surface area contributed by atoms with Crippen LogP contribution in [0.5, 0.6) is 0 Å². The van der Waals surface area contributed by atoms with Crippen molar-refractivity contribution in [2.24, 2.45) is 20.0 Å². The minimum Gasteiger partial charge on any atom is -0.334 e.